The molecule has 0 unspecified atom stereocenters. The van der Waals surface area contributed by atoms with Crippen molar-refractivity contribution in [1.82, 2.24) is 9.62 Å². The maximum Gasteiger partial charge on any atom is 0.242 e. The van der Waals surface area contributed by atoms with Crippen molar-refractivity contribution in [2.45, 2.75) is 30.7 Å². The SMILES string of the molecule is CCN(CCNS(=O)(=O)c1cc(Br)ccc1N)C1CC1. The van der Waals surface area contributed by atoms with Crippen molar-refractivity contribution in [1.29, 1.82) is 0 Å². The largest absolute Gasteiger partial charge is 0.398 e. The van der Waals surface area contributed by atoms with Gasteiger partial charge in [-0.2, -0.15) is 0 Å². The van der Waals surface area contributed by atoms with Gasteiger partial charge in [-0.25, -0.2) is 13.1 Å². The highest BCUT2D eigenvalue weighted by molar-refractivity contribution is 9.10. The average Bonchev–Trinajstić information content (AvgIpc) is 3.22. The molecule has 3 N–H and O–H groups in total. The summed E-state index contributed by atoms with van der Waals surface area (Å²) in [5.74, 6) is 0. The van der Waals surface area contributed by atoms with E-state index in [0.717, 1.165) is 13.1 Å². The zero-order valence-corrected chi connectivity index (χ0v) is 13.9. The monoisotopic (exact) mass is 361 g/mol. The molecule has 0 saturated heterocycles. The van der Waals surface area contributed by atoms with Crippen LogP contribution < -0.4 is 10.5 Å². The van der Waals surface area contributed by atoms with Gasteiger partial charge in [0, 0.05) is 23.6 Å². The summed E-state index contributed by atoms with van der Waals surface area (Å²) in [7, 11) is -3.55. The molecule has 0 radical (unpaired) electrons. The Bertz CT molecular complexity index is 573. The van der Waals surface area contributed by atoms with E-state index >= 15 is 0 Å². The van der Waals surface area contributed by atoms with Crippen LogP contribution >= 0.6 is 15.9 Å². The first kappa shape index (κ1) is 15.8. The first-order valence-electron chi connectivity index (χ1n) is 6.73. The fourth-order valence-electron chi connectivity index (χ4n) is 2.18. The Morgan fingerprint density at radius 1 is 1.45 bits per heavy atom. The van der Waals surface area contributed by atoms with Crippen molar-refractivity contribution >= 4 is 31.6 Å². The Hall–Kier alpha value is -0.630. The number of sulfonamides is 1. The Morgan fingerprint density at radius 3 is 2.75 bits per heavy atom. The van der Waals surface area contributed by atoms with E-state index in [1.165, 1.54) is 18.9 Å². The van der Waals surface area contributed by atoms with Crippen LogP contribution in [0.1, 0.15) is 19.8 Å². The molecule has 0 spiro atoms. The van der Waals surface area contributed by atoms with Crippen molar-refractivity contribution in [2.24, 2.45) is 0 Å². The predicted octanol–water partition coefficient (Wildman–Crippen LogP) is 1.79. The van der Waals surface area contributed by atoms with Crippen molar-refractivity contribution in [3.63, 3.8) is 0 Å². The molecule has 112 valence electrons. The van der Waals surface area contributed by atoms with Gasteiger partial charge in [-0.3, -0.25) is 4.90 Å². The Kier molecular flexibility index (Phi) is 5.06. The summed E-state index contributed by atoms with van der Waals surface area (Å²) in [6.45, 7) is 4.18. The highest BCUT2D eigenvalue weighted by Crippen LogP contribution is 2.26. The fourth-order valence-corrected chi connectivity index (χ4v) is 3.87. The topological polar surface area (TPSA) is 75.4 Å². The van der Waals surface area contributed by atoms with Gasteiger partial charge >= 0.3 is 0 Å². The lowest BCUT2D eigenvalue weighted by Crippen LogP contribution is -2.36. The number of hydrogen-bond acceptors (Lipinski definition) is 4. The molecule has 0 heterocycles. The second kappa shape index (κ2) is 6.43. The summed E-state index contributed by atoms with van der Waals surface area (Å²) in [5, 5.41) is 0. The summed E-state index contributed by atoms with van der Waals surface area (Å²) >= 11 is 3.26. The lowest BCUT2D eigenvalue weighted by molar-refractivity contribution is 0.282. The van der Waals surface area contributed by atoms with E-state index in [-0.39, 0.29) is 10.6 Å². The second-order valence-electron chi connectivity index (χ2n) is 4.94. The number of nitrogen functional groups attached to an aromatic ring is 1. The average molecular weight is 362 g/mol. The molecule has 2 rings (SSSR count). The number of rotatable bonds is 7. The minimum atomic E-state index is -3.55. The van der Waals surface area contributed by atoms with Gasteiger partial charge in [-0.05, 0) is 37.6 Å². The van der Waals surface area contributed by atoms with Crippen molar-refractivity contribution in [3.05, 3.63) is 22.7 Å². The number of halogens is 1. The smallest absolute Gasteiger partial charge is 0.242 e. The minimum absolute atomic E-state index is 0.126. The Morgan fingerprint density at radius 2 is 2.15 bits per heavy atom. The molecule has 1 fully saturated rings. The van der Waals surface area contributed by atoms with Gasteiger partial charge in [-0.1, -0.05) is 22.9 Å². The van der Waals surface area contributed by atoms with Crippen LogP contribution in [0, 0.1) is 0 Å². The van der Waals surface area contributed by atoms with Crippen LogP contribution in [0.2, 0.25) is 0 Å². The maximum atomic E-state index is 12.2. The van der Waals surface area contributed by atoms with Crippen molar-refractivity contribution < 1.29 is 8.42 Å². The van der Waals surface area contributed by atoms with Crippen molar-refractivity contribution in [2.75, 3.05) is 25.4 Å². The minimum Gasteiger partial charge on any atom is -0.398 e. The molecule has 0 bridgehead atoms. The predicted molar refractivity (Wildman–Crippen MR) is 84.0 cm³/mol. The first-order chi connectivity index (χ1) is 9.44. The summed E-state index contributed by atoms with van der Waals surface area (Å²) < 4.78 is 27.8. The summed E-state index contributed by atoms with van der Waals surface area (Å²) in [5.41, 5.74) is 6.00. The van der Waals surface area contributed by atoms with Gasteiger partial charge in [0.15, 0.2) is 0 Å². The Labute approximate surface area is 128 Å². The number of anilines is 1. The van der Waals surface area contributed by atoms with E-state index in [9.17, 15) is 8.42 Å². The van der Waals surface area contributed by atoms with Crippen LogP contribution in [0.5, 0.6) is 0 Å². The van der Waals surface area contributed by atoms with Crippen LogP contribution in [0.15, 0.2) is 27.6 Å². The molecule has 0 aromatic heterocycles. The molecule has 0 aliphatic heterocycles. The zero-order valence-electron chi connectivity index (χ0n) is 11.5. The van der Waals surface area contributed by atoms with Gasteiger partial charge in [0.2, 0.25) is 10.0 Å². The number of nitrogens with zero attached hydrogens (tertiary/aromatic N) is 1. The number of benzene rings is 1. The van der Waals surface area contributed by atoms with E-state index in [1.54, 1.807) is 12.1 Å². The molecule has 5 nitrogen and oxygen atoms in total. The number of nitrogens with one attached hydrogen (secondary N) is 1. The molecule has 0 amide bonds. The number of likely N-dealkylation sites (N-methyl/N-ethyl adjacent to an activating group) is 1. The molecule has 1 aromatic rings. The quantitative estimate of drug-likeness (QED) is 0.726. The van der Waals surface area contributed by atoms with E-state index in [1.807, 2.05) is 0 Å². The first-order valence-corrected chi connectivity index (χ1v) is 9.00. The summed E-state index contributed by atoms with van der Waals surface area (Å²) in [6, 6.07) is 5.47. The second-order valence-corrected chi connectivity index (χ2v) is 7.59. The highest BCUT2D eigenvalue weighted by atomic mass is 79.9. The van der Waals surface area contributed by atoms with E-state index < -0.39 is 10.0 Å². The lowest BCUT2D eigenvalue weighted by Gasteiger charge is -2.20. The summed E-state index contributed by atoms with van der Waals surface area (Å²) in [6.07, 6.45) is 2.44. The number of nitrogens with two attached hydrogens (primary N) is 1. The zero-order chi connectivity index (χ0) is 14.8. The summed E-state index contributed by atoms with van der Waals surface area (Å²) in [4.78, 5) is 2.42. The normalized spacial score (nSPS) is 15.8. The molecule has 1 aliphatic carbocycles. The molecule has 7 heteroatoms. The van der Waals surface area contributed by atoms with Gasteiger partial charge in [-0.15, -0.1) is 0 Å². The third kappa shape index (κ3) is 3.94. The van der Waals surface area contributed by atoms with Gasteiger partial charge < -0.3 is 5.73 Å². The maximum absolute atomic E-state index is 12.2. The molecule has 20 heavy (non-hydrogen) atoms. The van der Waals surface area contributed by atoms with Crippen LogP contribution in [0.25, 0.3) is 0 Å². The molecular formula is C13H20BrN3O2S. The van der Waals surface area contributed by atoms with Crippen LogP contribution in [0.4, 0.5) is 5.69 Å². The molecule has 1 aromatic carbocycles. The molecular weight excluding hydrogens is 342 g/mol. The van der Waals surface area contributed by atoms with Gasteiger partial charge in [0.25, 0.3) is 0 Å². The molecule has 1 aliphatic rings. The van der Waals surface area contributed by atoms with Crippen LogP contribution in [-0.2, 0) is 10.0 Å². The van der Waals surface area contributed by atoms with Crippen LogP contribution in [0.3, 0.4) is 0 Å². The van der Waals surface area contributed by atoms with E-state index in [2.05, 4.69) is 32.5 Å². The van der Waals surface area contributed by atoms with E-state index in [0.29, 0.717) is 17.1 Å². The number of hydrogen-bond donors (Lipinski definition) is 2. The molecule has 0 atom stereocenters. The standard InChI is InChI=1S/C13H20BrN3O2S/c1-2-17(11-4-5-11)8-7-16-20(18,19)13-9-10(14)3-6-12(13)15/h3,6,9,11,16H,2,4-5,7-8,15H2,1H3. The third-order valence-electron chi connectivity index (χ3n) is 3.43. The fraction of sp³-hybridized carbons (Fsp3) is 0.538. The van der Waals surface area contributed by atoms with Gasteiger partial charge in [0.1, 0.15) is 4.90 Å². The van der Waals surface area contributed by atoms with E-state index in [4.69, 9.17) is 5.73 Å². The molecule has 1 saturated carbocycles. The highest BCUT2D eigenvalue weighted by Gasteiger charge is 2.27. The van der Waals surface area contributed by atoms with Crippen molar-refractivity contribution in [3.8, 4) is 0 Å². The van der Waals surface area contributed by atoms with Gasteiger partial charge in [0.05, 0.1) is 5.69 Å². The lowest BCUT2D eigenvalue weighted by atomic mass is 10.3. The Balaban J connectivity index is 1.98. The van der Waals surface area contributed by atoms with Crippen LogP contribution in [-0.4, -0.2) is 39.0 Å². The third-order valence-corrected chi connectivity index (χ3v) is 5.44.